The molecule has 3 nitrogen and oxygen atoms in total. The van der Waals surface area contributed by atoms with Crippen LogP contribution in [0.2, 0.25) is 0 Å². The van der Waals surface area contributed by atoms with Gasteiger partial charge < -0.3 is 0 Å². The molecule has 0 spiro atoms. The van der Waals surface area contributed by atoms with Crippen LogP contribution in [-0.4, -0.2) is 15.6 Å². The van der Waals surface area contributed by atoms with Crippen molar-refractivity contribution in [1.29, 1.82) is 0 Å². The standard InChI is InChI=1S/C13H16N2O/c1-15-6-9(5-14-15)13(16)12-10-7-2-3-8(4-7)11(10)12/h5-8,10-12H,2-4H2,1H3. The van der Waals surface area contributed by atoms with Crippen LogP contribution < -0.4 is 0 Å². The molecular formula is C13H16N2O. The molecule has 3 heteroatoms. The predicted octanol–water partition coefficient (Wildman–Crippen LogP) is 1.89. The van der Waals surface area contributed by atoms with E-state index in [4.69, 9.17) is 0 Å². The van der Waals surface area contributed by atoms with Gasteiger partial charge in [0.25, 0.3) is 0 Å². The van der Waals surface area contributed by atoms with Crippen molar-refractivity contribution in [2.24, 2.45) is 36.6 Å². The van der Waals surface area contributed by atoms with Crippen molar-refractivity contribution in [3.63, 3.8) is 0 Å². The maximum absolute atomic E-state index is 12.3. The maximum atomic E-state index is 12.3. The first-order valence-corrected chi connectivity index (χ1v) is 6.28. The average Bonchev–Trinajstić information content (AvgIpc) is 2.68. The van der Waals surface area contributed by atoms with E-state index < -0.39 is 0 Å². The van der Waals surface area contributed by atoms with E-state index in [2.05, 4.69) is 5.10 Å². The van der Waals surface area contributed by atoms with Gasteiger partial charge in [0.1, 0.15) is 0 Å². The molecule has 1 aromatic heterocycles. The van der Waals surface area contributed by atoms with Crippen LogP contribution in [0.25, 0.3) is 0 Å². The van der Waals surface area contributed by atoms with Gasteiger partial charge in [-0.25, -0.2) is 0 Å². The summed E-state index contributed by atoms with van der Waals surface area (Å²) >= 11 is 0. The van der Waals surface area contributed by atoms with Gasteiger partial charge in [-0.2, -0.15) is 5.10 Å². The summed E-state index contributed by atoms with van der Waals surface area (Å²) in [5, 5.41) is 4.09. The van der Waals surface area contributed by atoms with Gasteiger partial charge in [-0.1, -0.05) is 0 Å². The second-order valence-electron chi connectivity index (χ2n) is 5.78. The van der Waals surface area contributed by atoms with Crippen LogP contribution in [-0.2, 0) is 7.05 Å². The number of aromatic nitrogens is 2. The number of ketones is 1. The van der Waals surface area contributed by atoms with Gasteiger partial charge >= 0.3 is 0 Å². The Bertz CT molecular complexity index is 448. The van der Waals surface area contributed by atoms with E-state index in [0.717, 1.165) is 29.2 Å². The molecule has 0 aromatic carbocycles. The molecule has 2 bridgehead atoms. The van der Waals surface area contributed by atoms with Crippen molar-refractivity contribution in [3.05, 3.63) is 18.0 Å². The van der Waals surface area contributed by atoms with E-state index in [0.29, 0.717) is 11.7 Å². The lowest BCUT2D eigenvalue weighted by molar-refractivity contribution is 0.0944. The van der Waals surface area contributed by atoms with Gasteiger partial charge in [-0.15, -0.1) is 0 Å². The van der Waals surface area contributed by atoms with Crippen LogP contribution in [0.5, 0.6) is 0 Å². The minimum Gasteiger partial charge on any atom is -0.294 e. The number of Topliss-reactive ketones (excluding diaryl/α,β-unsaturated/α-hetero) is 1. The summed E-state index contributed by atoms with van der Waals surface area (Å²) in [4.78, 5) is 12.3. The van der Waals surface area contributed by atoms with E-state index in [1.54, 1.807) is 10.9 Å². The highest BCUT2D eigenvalue weighted by Crippen LogP contribution is 2.69. The van der Waals surface area contributed by atoms with E-state index in [-0.39, 0.29) is 0 Å². The smallest absolute Gasteiger partial charge is 0.169 e. The molecule has 0 radical (unpaired) electrons. The molecule has 16 heavy (non-hydrogen) atoms. The molecule has 0 amide bonds. The summed E-state index contributed by atoms with van der Waals surface area (Å²) in [5.41, 5.74) is 0.821. The topological polar surface area (TPSA) is 34.9 Å². The van der Waals surface area contributed by atoms with Gasteiger partial charge in [-0.05, 0) is 42.9 Å². The fourth-order valence-electron chi connectivity index (χ4n) is 4.42. The van der Waals surface area contributed by atoms with E-state index in [1.165, 1.54) is 19.3 Å². The number of hydrogen-bond acceptors (Lipinski definition) is 2. The molecule has 84 valence electrons. The SMILES string of the molecule is Cn1cc(C(=O)C2C3C4CCC(C4)C23)cn1. The van der Waals surface area contributed by atoms with Crippen molar-refractivity contribution in [1.82, 2.24) is 9.78 Å². The first-order valence-electron chi connectivity index (χ1n) is 6.28. The number of fused-ring (bicyclic) bond motifs is 5. The molecule has 3 aliphatic carbocycles. The van der Waals surface area contributed by atoms with Crippen LogP contribution >= 0.6 is 0 Å². The van der Waals surface area contributed by atoms with Crippen LogP contribution in [0.1, 0.15) is 29.6 Å². The molecule has 3 saturated carbocycles. The molecule has 0 N–H and O–H groups in total. The van der Waals surface area contributed by atoms with E-state index >= 15 is 0 Å². The Morgan fingerprint density at radius 2 is 2.06 bits per heavy atom. The van der Waals surface area contributed by atoms with Gasteiger partial charge in [-0.3, -0.25) is 9.48 Å². The third-order valence-corrected chi connectivity index (χ3v) is 5.03. The van der Waals surface area contributed by atoms with Crippen LogP contribution in [0, 0.1) is 29.6 Å². The highest BCUT2D eigenvalue weighted by molar-refractivity contribution is 5.99. The monoisotopic (exact) mass is 216 g/mol. The highest BCUT2D eigenvalue weighted by Gasteiger charge is 2.67. The largest absolute Gasteiger partial charge is 0.294 e. The Kier molecular flexibility index (Phi) is 1.55. The second kappa shape index (κ2) is 2.76. The maximum Gasteiger partial charge on any atom is 0.169 e. The fourth-order valence-corrected chi connectivity index (χ4v) is 4.42. The van der Waals surface area contributed by atoms with Gasteiger partial charge in [0.2, 0.25) is 0 Å². The Morgan fingerprint density at radius 1 is 1.38 bits per heavy atom. The molecule has 4 atom stereocenters. The molecule has 4 rings (SSSR count). The number of carbonyl (C=O) groups is 1. The van der Waals surface area contributed by atoms with E-state index in [9.17, 15) is 4.79 Å². The Morgan fingerprint density at radius 3 is 2.62 bits per heavy atom. The zero-order chi connectivity index (χ0) is 10.9. The summed E-state index contributed by atoms with van der Waals surface area (Å²) < 4.78 is 1.72. The van der Waals surface area contributed by atoms with Crippen molar-refractivity contribution in [2.75, 3.05) is 0 Å². The Balaban J connectivity index is 1.59. The molecule has 3 fully saturated rings. The van der Waals surface area contributed by atoms with Crippen LogP contribution in [0.4, 0.5) is 0 Å². The minimum atomic E-state index is 0.357. The number of nitrogens with zero attached hydrogens (tertiary/aromatic N) is 2. The van der Waals surface area contributed by atoms with Crippen LogP contribution in [0.3, 0.4) is 0 Å². The molecule has 4 unspecified atom stereocenters. The summed E-state index contributed by atoms with van der Waals surface area (Å²) in [6, 6.07) is 0. The lowest BCUT2D eigenvalue weighted by Crippen LogP contribution is -2.09. The molecule has 1 heterocycles. The molecule has 3 aliphatic rings. The highest BCUT2D eigenvalue weighted by atomic mass is 16.1. The van der Waals surface area contributed by atoms with Gasteiger partial charge in [0.15, 0.2) is 5.78 Å². The average molecular weight is 216 g/mol. The fraction of sp³-hybridized carbons (Fsp3) is 0.692. The van der Waals surface area contributed by atoms with Crippen molar-refractivity contribution in [2.45, 2.75) is 19.3 Å². The third-order valence-electron chi connectivity index (χ3n) is 5.03. The summed E-state index contributed by atoms with van der Waals surface area (Å²) in [6.07, 6.45) is 7.74. The number of carbonyl (C=O) groups excluding carboxylic acids is 1. The Labute approximate surface area is 94.8 Å². The minimum absolute atomic E-state index is 0.357. The molecule has 0 saturated heterocycles. The van der Waals surface area contributed by atoms with Gasteiger partial charge in [0, 0.05) is 19.2 Å². The summed E-state index contributed by atoms with van der Waals surface area (Å²) in [5.74, 6) is 3.95. The van der Waals surface area contributed by atoms with Crippen molar-refractivity contribution < 1.29 is 4.79 Å². The Hall–Kier alpha value is -1.12. The van der Waals surface area contributed by atoms with E-state index in [1.807, 2.05) is 13.2 Å². The van der Waals surface area contributed by atoms with Crippen molar-refractivity contribution >= 4 is 5.78 Å². The molecular weight excluding hydrogens is 200 g/mol. The van der Waals surface area contributed by atoms with Crippen LogP contribution in [0.15, 0.2) is 12.4 Å². The number of rotatable bonds is 2. The first kappa shape index (κ1) is 8.97. The third kappa shape index (κ3) is 0.989. The lowest BCUT2D eigenvalue weighted by Gasteiger charge is -2.06. The zero-order valence-electron chi connectivity index (χ0n) is 9.47. The van der Waals surface area contributed by atoms with Gasteiger partial charge in [0.05, 0.1) is 11.8 Å². The lowest BCUT2D eigenvalue weighted by atomic mass is 9.98. The number of hydrogen-bond donors (Lipinski definition) is 0. The normalized spacial score (nSPS) is 43.4. The predicted molar refractivity (Wildman–Crippen MR) is 58.8 cm³/mol. The molecule has 0 aliphatic heterocycles. The quantitative estimate of drug-likeness (QED) is 0.708. The number of aryl methyl sites for hydroxylation is 1. The zero-order valence-corrected chi connectivity index (χ0v) is 9.47. The first-order chi connectivity index (χ1) is 7.75. The second-order valence-corrected chi connectivity index (χ2v) is 5.78. The summed E-state index contributed by atoms with van der Waals surface area (Å²) in [7, 11) is 1.87. The summed E-state index contributed by atoms with van der Waals surface area (Å²) in [6.45, 7) is 0. The molecule has 1 aromatic rings. The van der Waals surface area contributed by atoms with Crippen molar-refractivity contribution in [3.8, 4) is 0 Å².